The van der Waals surface area contributed by atoms with Crippen LogP contribution in [0.5, 0.6) is 0 Å². The number of aromatic amines is 1. The number of amides is 1. The zero-order chi connectivity index (χ0) is 20.6. The molecule has 0 saturated carbocycles. The standard InChI is InChI=1S/C21H20N6O2/c1-14(15-7-9-17(10-8-15)24-13-23-12-22)25-21(29)18-11-19(28)27-20(26-18)16-5-3-2-4-6-16/h2-14H,1H3,(H,25,29)(H2,22,23,24)(H,26,27,28). The highest BCUT2D eigenvalue weighted by Crippen LogP contribution is 2.18. The molecular weight excluding hydrogens is 368 g/mol. The Morgan fingerprint density at radius 3 is 2.59 bits per heavy atom. The van der Waals surface area contributed by atoms with Crippen LogP contribution in [0.2, 0.25) is 0 Å². The molecule has 0 radical (unpaired) electrons. The molecule has 29 heavy (non-hydrogen) atoms. The average Bonchev–Trinajstić information content (AvgIpc) is 2.74. The highest BCUT2D eigenvalue weighted by Gasteiger charge is 2.15. The minimum atomic E-state index is -0.430. The largest absolute Gasteiger partial charge is 0.390 e. The Labute approximate surface area is 167 Å². The summed E-state index contributed by atoms with van der Waals surface area (Å²) in [7, 11) is 0. The van der Waals surface area contributed by atoms with Gasteiger partial charge in [0.2, 0.25) is 0 Å². The summed E-state index contributed by atoms with van der Waals surface area (Å²) >= 11 is 0. The highest BCUT2D eigenvalue weighted by atomic mass is 16.2. The summed E-state index contributed by atoms with van der Waals surface area (Å²) in [5.41, 5.74) is 7.14. The number of benzene rings is 2. The Morgan fingerprint density at radius 1 is 1.17 bits per heavy atom. The second kappa shape index (κ2) is 9.23. The van der Waals surface area contributed by atoms with Crippen molar-refractivity contribution in [1.82, 2.24) is 15.3 Å². The number of H-pyrrole nitrogens is 1. The normalized spacial score (nSPS) is 12.3. The zero-order valence-corrected chi connectivity index (χ0v) is 15.7. The Bertz CT molecular complexity index is 1090. The van der Waals surface area contributed by atoms with Crippen LogP contribution in [0.15, 0.2) is 75.4 Å². The van der Waals surface area contributed by atoms with Gasteiger partial charge in [0.05, 0.1) is 18.1 Å². The Morgan fingerprint density at radius 2 is 1.90 bits per heavy atom. The third-order valence-corrected chi connectivity index (χ3v) is 4.12. The van der Waals surface area contributed by atoms with Crippen molar-refractivity contribution in [3.05, 3.63) is 82.3 Å². The first-order valence-corrected chi connectivity index (χ1v) is 8.90. The minimum Gasteiger partial charge on any atom is -0.390 e. The number of carbonyl (C=O) groups excluding carboxylic acids is 1. The predicted octanol–water partition coefficient (Wildman–Crippen LogP) is 2.57. The van der Waals surface area contributed by atoms with Gasteiger partial charge in [-0.25, -0.2) is 15.0 Å². The number of nitrogens with zero attached hydrogens (tertiary/aromatic N) is 3. The Balaban J connectivity index is 1.74. The van der Waals surface area contributed by atoms with Crippen LogP contribution < -0.4 is 16.6 Å². The van der Waals surface area contributed by atoms with Crippen LogP contribution in [0.25, 0.3) is 11.4 Å². The van der Waals surface area contributed by atoms with Crippen LogP contribution in [0.3, 0.4) is 0 Å². The van der Waals surface area contributed by atoms with E-state index in [1.165, 1.54) is 12.4 Å². The summed E-state index contributed by atoms with van der Waals surface area (Å²) in [6.07, 6.45) is 2.50. The average molecular weight is 388 g/mol. The molecule has 1 aromatic heterocycles. The van der Waals surface area contributed by atoms with Crippen molar-refractivity contribution in [2.24, 2.45) is 15.7 Å². The molecule has 3 aromatic rings. The van der Waals surface area contributed by atoms with Gasteiger partial charge in [0.1, 0.15) is 17.9 Å². The van der Waals surface area contributed by atoms with Gasteiger partial charge in [-0.2, -0.15) is 0 Å². The lowest BCUT2D eigenvalue weighted by Gasteiger charge is -2.14. The van der Waals surface area contributed by atoms with Gasteiger partial charge in [0.25, 0.3) is 11.5 Å². The number of nitrogens with two attached hydrogens (primary N) is 1. The molecule has 2 aromatic carbocycles. The third kappa shape index (κ3) is 5.23. The molecule has 0 fully saturated rings. The van der Waals surface area contributed by atoms with Gasteiger partial charge in [-0.1, -0.05) is 42.5 Å². The van der Waals surface area contributed by atoms with Crippen molar-refractivity contribution in [2.75, 3.05) is 0 Å². The summed E-state index contributed by atoms with van der Waals surface area (Å²) in [6.45, 7) is 1.85. The van der Waals surface area contributed by atoms with E-state index < -0.39 is 5.91 Å². The van der Waals surface area contributed by atoms with E-state index in [0.29, 0.717) is 11.5 Å². The number of hydrogen-bond acceptors (Lipinski definition) is 4. The van der Waals surface area contributed by atoms with Crippen molar-refractivity contribution in [3.63, 3.8) is 0 Å². The molecule has 1 heterocycles. The molecule has 4 N–H and O–H groups in total. The number of hydrogen-bond donors (Lipinski definition) is 3. The van der Waals surface area contributed by atoms with Crippen LogP contribution in [-0.4, -0.2) is 28.6 Å². The van der Waals surface area contributed by atoms with Crippen LogP contribution in [0, 0.1) is 0 Å². The maximum absolute atomic E-state index is 12.6. The van der Waals surface area contributed by atoms with E-state index in [1.807, 2.05) is 49.4 Å². The monoisotopic (exact) mass is 388 g/mol. The van der Waals surface area contributed by atoms with Gasteiger partial charge in [-0.3, -0.25) is 9.59 Å². The molecule has 0 saturated heterocycles. The molecule has 1 amide bonds. The van der Waals surface area contributed by atoms with Crippen LogP contribution in [0.4, 0.5) is 5.69 Å². The molecular formula is C21H20N6O2. The first-order chi connectivity index (χ1) is 14.1. The van der Waals surface area contributed by atoms with Crippen LogP contribution in [0.1, 0.15) is 29.0 Å². The topological polar surface area (TPSA) is 126 Å². The maximum atomic E-state index is 12.6. The maximum Gasteiger partial charge on any atom is 0.270 e. The summed E-state index contributed by atoms with van der Waals surface area (Å²) in [5.74, 6) is -0.0848. The van der Waals surface area contributed by atoms with Gasteiger partial charge >= 0.3 is 0 Å². The van der Waals surface area contributed by atoms with E-state index in [0.717, 1.165) is 17.5 Å². The van der Waals surface area contributed by atoms with Crippen molar-refractivity contribution in [3.8, 4) is 11.4 Å². The van der Waals surface area contributed by atoms with Gasteiger partial charge in [0, 0.05) is 11.6 Å². The van der Waals surface area contributed by atoms with Gasteiger partial charge < -0.3 is 16.0 Å². The smallest absolute Gasteiger partial charge is 0.270 e. The lowest BCUT2D eigenvalue weighted by atomic mass is 10.1. The Kier molecular flexibility index (Phi) is 6.26. The van der Waals surface area contributed by atoms with E-state index in [2.05, 4.69) is 25.3 Å². The molecule has 0 bridgehead atoms. The SMILES string of the molecule is CC(NC(=O)c1cc(=O)[nH]c(-c2ccccc2)n1)c1ccc(N=CN=CN)cc1. The second-order valence-corrected chi connectivity index (χ2v) is 6.17. The summed E-state index contributed by atoms with van der Waals surface area (Å²) in [6, 6.07) is 17.4. The fourth-order valence-corrected chi connectivity index (χ4v) is 2.65. The van der Waals surface area contributed by atoms with Crippen molar-refractivity contribution in [1.29, 1.82) is 0 Å². The fraction of sp³-hybridized carbons (Fsp3) is 0.0952. The molecule has 3 rings (SSSR count). The number of carbonyl (C=O) groups is 1. The van der Waals surface area contributed by atoms with Crippen molar-refractivity contribution < 1.29 is 4.79 Å². The van der Waals surface area contributed by atoms with Crippen molar-refractivity contribution in [2.45, 2.75) is 13.0 Å². The fourth-order valence-electron chi connectivity index (χ4n) is 2.65. The molecule has 0 spiro atoms. The summed E-state index contributed by atoms with van der Waals surface area (Å²) in [4.78, 5) is 39.4. The lowest BCUT2D eigenvalue weighted by molar-refractivity contribution is 0.0934. The van der Waals surface area contributed by atoms with Gasteiger partial charge in [0.15, 0.2) is 0 Å². The second-order valence-electron chi connectivity index (χ2n) is 6.17. The number of rotatable bonds is 6. The van der Waals surface area contributed by atoms with E-state index in [1.54, 1.807) is 12.1 Å². The molecule has 1 atom stereocenters. The molecule has 0 aliphatic rings. The summed E-state index contributed by atoms with van der Waals surface area (Å²) in [5, 5.41) is 2.86. The first-order valence-electron chi connectivity index (χ1n) is 8.90. The van der Waals surface area contributed by atoms with Crippen LogP contribution in [-0.2, 0) is 0 Å². The van der Waals surface area contributed by atoms with Crippen molar-refractivity contribution >= 4 is 24.3 Å². The van der Waals surface area contributed by atoms with Gasteiger partial charge in [-0.15, -0.1) is 0 Å². The molecule has 8 heteroatoms. The van der Waals surface area contributed by atoms with E-state index in [9.17, 15) is 9.59 Å². The lowest BCUT2D eigenvalue weighted by Crippen LogP contribution is -2.29. The molecule has 1 unspecified atom stereocenters. The molecule has 8 nitrogen and oxygen atoms in total. The number of aromatic nitrogens is 2. The molecule has 146 valence electrons. The number of nitrogens with one attached hydrogen (secondary N) is 2. The highest BCUT2D eigenvalue weighted by molar-refractivity contribution is 5.92. The zero-order valence-electron chi connectivity index (χ0n) is 15.7. The minimum absolute atomic E-state index is 0.0559. The van der Waals surface area contributed by atoms with E-state index in [4.69, 9.17) is 5.73 Å². The van der Waals surface area contributed by atoms with E-state index >= 15 is 0 Å². The van der Waals surface area contributed by atoms with Gasteiger partial charge in [-0.05, 0) is 24.6 Å². The third-order valence-electron chi connectivity index (χ3n) is 4.12. The quantitative estimate of drug-likeness (QED) is 0.443. The number of aliphatic imine (C=N–C) groups is 2. The first kappa shape index (κ1) is 19.7. The summed E-state index contributed by atoms with van der Waals surface area (Å²) < 4.78 is 0. The van der Waals surface area contributed by atoms with Crippen LogP contribution >= 0.6 is 0 Å². The molecule has 0 aliphatic carbocycles. The van der Waals surface area contributed by atoms with E-state index in [-0.39, 0.29) is 17.3 Å². The molecule has 0 aliphatic heterocycles. The predicted molar refractivity (Wildman–Crippen MR) is 113 cm³/mol. The Hall–Kier alpha value is -4.07.